The highest BCUT2D eigenvalue weighted by Crippen LogP contribution is 2.30. The van der Waals surface area contributed by atoms with E-state index in [1.165, 1.54) is 0 Å². The number of hydrogen-bond donors (Lipinski definition) is 1. The summed E-state index contributed by atoms with van der Waals surface area (Å²) in [5.41, 5.74) is 3.45. The Bertz CT molecular complexity index is 713. The number of aryl methyl sites for hydroxylation is 1. The summed E-state index contributed by atoms with van der Waals surface area (Å²) in [6, 6.07) is 11.7. The van der Waals surface area contributed by atoms with Gasteiger partial charge in [-0.05, 0) is 48.6 Å². The molecule has 3 nitrogen and oxygen atoms in total. The molecule has 122 valence electrons. The third-order valence-corrected chi connectivity index (χ3v) is 4.50. The van der Waals surface area contributed by atoms with E-state index in [4.69, 9.17) is 4.74 Å². The fraction of sp³-hybridized carbons (Fsp3) is 0.316. The molecule has 0 radical (unpaired) electrons. The number of benzene rings is 2. The number of halogens is 1. The van der Waals surface area contributed by atoms with Crippen LogP contribution in [-0.2, 0) is 0 Å². The van der Waals surface area contributed by atoms with E-state index in [-0.39, 0.29) is 5.91 Å². The van der Waals surface area contributed by atoms with E-state index in [0.717, 1.165) is 27.7 Å². The van der Waals surface area contributed by atoms with Crippen LogP contribution < -0.4 is 10.1 Å². The molecule has 0 aliphatic carbocycles. The van der Waals surface area contributed by atoms with Crippen LogP contribution in [0.3, 0.4) is 0 Å². The minimum Gasteiger partial charge on any atom is -0.496 e. The number of carbonyl (C=O) groups is 1. The zero-order valence-electron chi connectivity index (χ0n) is 13.9. The molecule has 2 aromatic rings. The van der Waals surface area contributed by atoms with Crippen molar-refractivity contribution in [3.63, 3.8) is 0 Å². The summed E-state index contributed by atoms with van der Waals surface area (Å²) in [4.78, 5) is 12.7. The molecule has 0 heterocycles. The van der Waals surface area contributed by atoms with Crippen molar-refractivity contribution in [3.05, 3.63) is 57.6 Å². The number of amides is 1. The Morgan fingerprint density at radius 3 is 2.65 bits per heavy atom. The van der Waals surface area contributed by atoms with Gasteiger partial charge in [0.2, 0.25) is 0 Å². The molecule has 23 heavy (non-hydrogen) atoms. The standard InChI is InChI=1S/C19H22BrNO2/c1-5-12(2)15-8-6-7-9-17(15)21-19(22)16-11-14(20)10-13(3)18(16)23-4/h6-12H,5H2,1-4H3,(H,21,22). The lowest BCUT2D eigenvalue weighted by atomic mass is 9.96. The maximum absolute atomic E-state index is 12.7. The number of methoxy groups -OCH3 is 1. The van der Waals surface area contributed by atoms with Crippen LogP contribution >= 0.6 is 15.9 Å². The van der Waals surface area contributed by atoms with Gasteiger partial charge >= 0.3 is 0 Å². The third-order valence-electron chi connectivity index (χ3n) is 4.04. The van der Waals surface area contributed by atoms with Crippen LogP contribution in [0.2, 0.25) is 0 Å². The van der Waals surface area contributed by atoms with E-state index >= 15 is 0 Å². The summed E-state index contributed by atoms with van der Waals surface area (Å²) in [5, 5.41) is 3.03. The van der Waals surface area contributed by atoms with Crippen molar-refractivity contribution in [2.75, 3.05) is 12.4 Å². The molecule has 1 amide bonds. The van der Waals surface area contributed by atoms with Crippen molar-refractivity contribution in [2.24, 2.45) is 0 Å². The Kier molecular flexibility index (Phi) is 5.83. The Morgan fingerprint density at radius 2 is 2.00 bits per heavy atom. The van der Waals surface area contributed by atoms with E-state index in [1.54, 1.807) is 13.2 Å². The molecule has 0 aromatic heterocycles. The summed E-state index contributed by atoms with van der Waals surface area (Å²) in [7, 11) is 1.58. The molecule has 0 saturated heterocycles. The lowest BCUT2D eigenvalue weighted by Gasteiger charge is -2.17. The topological polar surface area (TPSA) is 38.3 Å². The average Bonchev–Trinajstić information content (AvgIpc) is 2.54. The Morgan fingerprint density at radius 1 is 1.30 bits per heavy atom. The van der Waals surface area contributed by atoms with Crippen LogP contribution in [-0.4, -0.2) is 13.0 Å². The first kappa shape index (κ1) is 17.5. The molecule has 0 bridgehead atoms. The first-order valence-electron chi connectivity index (χ1n) is 7.72. The van der Waals surface area contributed by atoms with E-state index in [2.05, 4.69) is 41.2 Å². The van der Waals surface area contributed by atoms with Crippen molar-refractivity contribution in [3.8, 4) is 5.75 Å². The highest BCUT2D eigenvalue weighted by Gasteiger charge is 2.17. The van der Waals surface area contributed by atoms with Gasteiger partial charge in [-0.15, -0.1) is 0 Å². The fourth-order valence-electron chi connectivity index (χ4n) is 2.62. The van der Waals surface area contributed by atoms with Gasteiger partial charge in [0.1, 0.15) is 5.75 Å². The van der Waals surface area contributed by atoms with Gasteiger partial charge in [0.05, 0.1) is 12.7 Å². The minimum atomic E-state index is -0.165. The second kappa shape index (κ2) is 7.64. The van der Waals surface area contributed by atoms with Crippen LogP contribution in [0, 0.1) is 6.92 Å². The molecule has 0 spiro atoms. The third kappa shape index (κ3) is 3.94. The number of para-hydroxylation sites is 1. The Balaban J connectivity index is 2.38. The number of rotatable bonds is 5. The van der Waals surface area contributed by atoms with E-state index in [1.807, 2.05) is 31.2 Å². The number of anilines is 1. The molecule has 1 N–H and O–H groups in total. The van der Waals surface area contributed by atoms with E-state index < -0.39 is 0 Å². The number of nitrogens with one attached hydrogen (secondary N) is 1. The molecule has 4 heteroatoms. The Labute approximate surface area is 146 Å². The number of hydrogen-bond acceptors (Lipinski definition) is 2. The molecule has 0 aliphatic heterocycles. The van der Waals surface area contributed by atoms with E-state index in [9.17, 15) is 4.79 Å². The number of carbonyl (C=O) groups excluding carboxylic acids is 1. The lowest BCUT2D eigenvalue weighted by molar-refractivity contribution is 0.102. The summed E-state index contributed by atoms with van der Waals surface area (Å²) in [5.74, 6) is 0.825. The first-order chi connectivity index (χ1) is 11.0. The molecule has 2 aromatic carbocycles. The van der Waals surface area contributed by atoms with Crippen molar-refractivity contribution >= 4 is 27.5 Å². The first-order valence-corrected chi connectivity index (χ1v) is 8.51. The van der Waals surface area contributed by atoms with E-state index in [0.29, 0.717) is 17.2 Å². The van der Waals surface area contributed by atoms with Gasteiger partial charge in [0, 0.05) is 10.2 Å². The predicted molar refractivity (Wildman–Crippen MR) is 98.5 cm³/mol. The van der Waals surface area contributed by atoms with Crippen LogP contribution in [0.5, 0.6) is 5.75 Å². The van der Waals surface area contributed by atoms with Crippen LogP contribution in [0.15, 0.2) is 40.9 Å². The molecule has 0 fully saturated rings. The van der Waals surface area contributed by atoms with Gasteiger partial charge in [0.25, 0.3) is 5.91 Å². The summed E-state index contributed by atoms with van der Waals surface area (Å²) >= 11 is 3.44. The summed E-state index contributed by atoms with van der Waals surface area (Å²) < 4.78 is 6.26. The molecule has 0 saturated carbocycles. The second-order valence-corrected chi connectivity index (χ2v) is 6.57. The molecule has 1 unspecified atom stereocenters. The van der Waals surface area contributed by atoms with Crippen molar-refractivity contribution in [2.45, 2.75) is 33.1 Å². The predicted octanol–water partition coefficient (Wildman–Crippen LogP) is 5.53. The van der Waals surface area contributed by atoms with Gasteiger partial charge in [-0.3, -0.25) is 4.79 Å². The minimum absolute atomic E-state index is 0.165. The SMILES string of the molecule is CCC(C)c1ccccc1NC(=O)c1cc(Br)cc(C)c1OC. The molecular weight excluding hydrogens is 354 g/mol. The maximum Gasteiger partial charge on any atom is 0.259 e. The smallest absolute Gasteiger partial charge is 0.259 e. The average molecular weight is 376 g/mol. The van der Waals surface area contributed by atoms with Crippen LogP contribution in [0.1, 0.15) is 47.7 Å². The Hall–Kier alpha value is -1.81. The molecule has 0 aliphatic rings. The fourth-order valence-corrected chi connectivity index (χ4v) is 3.19. The maximum atomic E-state index is 12.7. The van der Waals surface area contributed by atoms with Crippen molar-refractivity contribution in [1.82, 2.24) is 0 Å². The van der Waals surface area contributed by atoms with Crippen molar-refractivity contribution in [1.29, 1.82) is 0 Å². The van der Waals surface area contributed by atoms with Crippen LogP contribution in [0.4, 0.5) is 5.69 Å². The van der Waals surface area contributed by atoms with Gasteiger partial charge in [0.15, 0.2) is 0 Å². The zero-order chi connectivity index (χ0) is 17.0. The number of ether oxygens (including phenoxy) is 1. The van der Waals surface area contributed by atoms with Gasteiger partial charge < -0.3 is 10.1 Å². The van der Waals surface area contributed by atoms with Gasteiger partial charge in [-0.25, -0.2) is 0 Å². The highest BCUT2D eigenvalue weighted by atomic mass is 79.9. The lowest BCUT2D eigenvalue weighted by Crippen LogP contribution is -2.15. The summed E-state index contributed by atoms with van der Waals surface area (Å²) in [6.07, 6.45) is 1.02. The van der Waals surface area contributed by atoms with Crippen molar-refractivity contribution < 1.29 is 9.53 Å². The highest BCUT2D eigenvalue weighted by molar-refractivity contribution is 9.10. The summed E-state index contributed by atoms with van der Waals surface area (Å²) in [6.45, 7) is 6.23. The molecular formula is C19H22BrNO2. The van der Waals surface area contributed by atoms with Crippen LogP contribution in [0.25, 0.3) is 0 Å². The largest absolute Gasteiger partial charge is 0.496 e. The normalized spacial score (nSPS) is 11.9. The quantitative estimate of drug-likeness (QED) is 0.745. The molecule has 1 atom stereocenters. The second-order valence-electron chi connectivity index (χ2n) is 5.65. The monoisotopic (exact) mass is 375 g/mol. The van der Waals surface area contributed by atoms with Gasteiger partial charge in [-0.1, -0.05) is 48.0 Å². The molecule has 2 rings (SSSR count). The zero-order valence-corrected chi connectivity index (χ0v) is 15.5. The van der Waals surface area contributed by atoms with Gasteiger partial charge in [-0.2, -0.15) is 0 Å².